The van der Waals surface area contributed by atoms with Crippen LogP contribution in [0.4, 0.5) is 0 Å². The lowest BCUT2D eigenvalue weighted by Crippen LogP contribution is -1.98. The molecule has 2 aromatic rings. The van der Waals surface area contributed by atoms with Crippen molar-refractivity contribution < 1.29 is 5.11 Å². The Morgan fingerprint density at radius 1 is 1.07 bits per heavy atom. The molecule has 1 unspecified atom stereocenters. The van der Waals surface area contributed by atoms with E-state index in [1.807, 2.05) is 47.8 Å². The van der Waals surface area contributed by atoms with Crippen molar-refractivity contribution in [2.75, 3.05) is 0 Å². The number of hydrogen-bond acceptors (Lipinski definition) is 2. The Hall–Kier alpha value is -1.12. The van der Waals surface area contributed by atoms with Gasteiger partial charge in [-0.3, -0.25) is 0 Å². The molecule has 0 aliphatic carbocycles. The van der Waals surface area contributed by atoms with Crippen molar-refractivity contribution in [2.24, 2.45) is 0 Å². The molecule has 2 heteroatoms. The molecule has 0 bridgehead atoms. The summed E-state index contributed by atoms with van der Waals surface area (Å²) in [6, 6.07) is 14.0. The fourth-order valence-corrected chi connectivity index (χ4v) is 2.13. The Balaban J connectivity index is 2.06. The van der Waals surface area contributed by atoms with Gasteiger partial charge < -0.3 is 5.11 Å². The fourth-order valence-electron chi connectivity index (χ4n) is 1.42. The Kier molecular flexibility index (Phi) is 2.96. The van der Waals surface area contributed by atoms with Gasteiger partial charge in [-0.2, -0.15) is 0 Å². The van der Waals surface area contributed by atoms with Gasteiger partial charge in [0.05, 0.1) is 6.10 Å². The number of aliphatic hydroxyl groups excluding tert-OH is 1. The second-order valence-corrected chi connectivity index (χ2v) is 4.20. The largest absolute Gasteiger partial charge is 0.387 e. The SMILES string of the molecule is OC(Cc1ccccc1)c1cccs1. The van der Waals surface area contributed by atoms with Crippen LogP contribution in [0.5, 0.6) is 0 Å². The van der Waals surface area contributed by atoms with Crippen molar-refractivity contribution in [3.05, 3.63) is 58.3 Å². The van der Waals surface area contributed by atoms with E-state index in [0.29, 0.717) is 6.42 Å². The van der Waals surface area contributed by atoms with E-state index in [0.717, 1.165) is 4.88 Å². The zero-order chi connectivity index (χ0) is 9.80. The maximum atomic E-state index is 9.87. The van der Waals surface area contributed by atoms with Crippen LogP contribution in [-0.4, -0.2) is 5.11 Å². The zero-order valence-corrected chi connectivity index (χ0v) is 8.58. The average Bonchev–Trinajstić information content (AvgIpc) is 2.72. The first kappa shape index (κ1) is 9.44. The van der Waals surface area contributed by atoms with Crippen LogP contribution in [0.2, 0.25) is 0 Å². The summed E-state index contributed by atoms with van der Waals surface area (Å²) in [4.78, 5) is 1.04. The monoisotopic (exact) mass is 204 g/mol. The summed E-state index contributed by atoms with van der Waals surface area (Å²) in [7, 11) is 0. The van der Waals surface area contributed by atoms with Crippen molar-refractivity contribution in [3.63, 3.8) is 0 Å². The average molecular weight is 204 g/mol. The van der Waals surface area contributed by atoms with Gasteiger partial charge >= 0.3 is 0 Å². The lowest BCUT2D eigenvalue weighted by Gasteiger charge is -2.07. The van der Waals surface area contributed by atoms with E-state index < -0.39 is 0 Å². The van der Waals surface area contributed by atoms with Crippen LogP contribution < -0.4 is 0 Å². The molecule has 0 spiro atoms. The molecule has 0 saturated heterocycles. The summed E-state index contributed by atoms with van der Waals surface area (Å²) in [6.07, 6.45) is 0.332. The zero-order valence-electron chi connectivity index (χ0n) is 7.76. The fraction of sp³-hybridized carbons (Fsp3) is 0.167. The maximum absolute atomic E-state index is 9.87. The molecule has 1 aromatic carbocycles. The first-order valence-electron chi connectivity index (χ1n) is 4.61. The van der Waals surface area contributed by atoms with Crippen molar-refractivity contribution in [2.45, 2.75) is 12.5 Å². The maximum Gasteiger partial charge on any atom is 0.0922 e. The lowest BCUT2D eigenvalue weighted by molar-refractivity contribution is 0.182. The van der Waals surface area contributed by atoms with Gasteiger partial charge in [0.15, 0.2) is 0 Å². The molecule has 0 aliphatic heterocycles. The third-order valence-corrected chi connectivity index (χ3v) is 3.12. The van der Waals surface area contributed by atoms with Gasteiger partial charge in [-0.1, -0.05) is 36.4 Å². The molecule has 0 amide bonds. The molecule has 2 rings (SSSR count). The minimum absolute atomic E-state index is 0.364. The molecule has 1 nitrogen and oxygen atoms in total. The molecular formula is C12H12OS. The van der Waals surface area contributed by atoms with Crippen LogP contribution >= 0.6 is 11.3 Å². The van der Waals surface area contributed by atoms with Crippen LogP contribution in [0.1, 0.15) is 16.5 Å². The van der Waals surface area contributed by atoms with Gasteiger partial charge in [0.1, 0.15) is 0 Å². The second kappa shape index (κ2) is 4.40. The summed E-state index contributed by atoms with van der Waals surface area (Å²) in [6.45, 7) is 0. The summed E-state index contributed by atoms with van der Waals surface area (Å²) in [5, 5.41) is 11.9. The van der Waals surface area contributed by atoms with Gasteiger partial charge in [-0.05, 0) is 17.0 Å². The van der Waals surface area contributed by atoms with E-state index in [1.165, 1.54) is 5.56 Å². The molecule has 1 atom stereocenters. The smallest absolute Gasteiger partial charge is 0.0922 e. The number of thiophene rings is 1. The van der Waals surface area contributed by atoms with Gasteiger partial charge in [0.2, 0.25) is 0 Å². The van der Waals surface area contributed by atoms with Gasteiger partial charge in [-0.25, -0.2) is 0 Å². The third kappa shape index (κ3) is 2.22. The second-order valence-electron chi connectivity index (χ2n) is 3.22. The molecular weight excluding hydrogens is 192 g/mol. The van der Waals surface area contributed by atoms with Gasteiger partial charge in [0, 0.05) is 11.3 Å². The summed E-state index contributed by atoms with van der Waals surface area (Å²) in [5.74, 6) is 0. The highest BCUT2D eigenvalue weighted by Gasteiger charge is 2.08. The molecule has 0 aliphatic rings. The number of rotatable bonds is 3. The molecule has 1 N–H and O–H groups in total. The van der Waals surface area contributed by atoms with Gasteiger partial charge in [-0.15, -0.1) is 11.3 Å². The van der Waals surface area contributed by atoms with Crippen LogP contribution in [0.3, 0.4) is 0 Å². The van der Waals surface area contributed by atoms with Crippen molar-refractivity contribution >= 4 is 11.3 Å². The molecule has 72 valence electrons. The van der Waals surface area contributed by atoms with E-state index in [1.54, 1.807) is 11.3 Å². The molecule has 0 radical (unpaired) electrons. The Morgan fingerprint density at radius 2 is 1.86 bits per heavy atom. The number of aliphatic hydroxyl groups is 1. The molecule has 0 fully saturated rings. The Labute approximate surface area is 87.7 Å². The van der Waals surface area contributed by atoms with Crippen molar-refractivity contribution in [1.82, 2.24) is 0 Å². The van der Waals surface area contributed by atoms with Crippen molar-refractivity contribution in [1.29, 1.82) is 0 Å². The highest BCUT2D eigenvalue weighted by atomic mass is 32.1. The van der Waals surface area contributed by atoms with E-state index in [4.69, 9.17) is 0 Å². The van der Waals surface area contributed by atoms with Gasteiger partial charge in [0.25, 0.3) is 0 Å². The molecule has 14 heavy (non-hydrogen) atoms. The van der Waals surface area contributed by atoms with E-state index in [2.05, 4.69) is 0 Å². The predicted molar refractivity (Wildman–Crippen MR) is 59.4 cm³/mol. The van der Waals surface area contributed by atoms with Crippen molar-refractivity contribution in [3.8, 4) is 0 Å². The summed E-state index contributed by atoms with van der Waals surface area (Å²) >= 11 is 1.60. The first-order valence-corrected chi connectivity index (χ1v) is 5.49. The van der Waals surface area contributed by atoms with Crippen LogP contribution in [-0.2, 0) is 6.42 Å². The molecule has 1 aromatic heterocycles. The quantitative estimate of drug-likeness (QED) is 0.814. The lowest BCUT2D eigenvalue weighted by atomic mass is 10.1. The van der Waals surface area contributed by atoms with E-state index >= 15 is 0 Å². The third-order valence-electron chi connectivity index (χ3n) is 2.14. The Bertz CT molecular complexity index is 366. The minimum atomic E-state index is -0.364. The topological polar surface area (TPSA) is 20.2 Å². The number of hydrogen-bond donors (Lipinski definition) is 1. The standard InChI is InChI=1S/C12H12OS/c13-11(12-7-4-8-14-12)9-10-5-2-1-3-6-10/h1-8,11,13H,9H2. The van der Waals surface area contributed by atoms with Crippen LogP contribution in [0.25, 0.3) is 0 Å². The van der Waals surface area contributed by atoms with E-state index in [9.17, 15) is 5.11 Å². The summed E-state index contributed by atoms with van der Waals surface area (Å²) in [5.41, 5.74) is 1.17. The first-order chi connectivity index (χ1) is 6.86. The highest BCUT2D eigenvalue weighted by molar-refractivity contribution is 7.10. The minimum Gasteiger partial charge on any atom is -0.387 e. The summed E-state index contributed by atoms with van der Waals surface area (Å²) < 4.78 is 0. The Morgan fingerprint density at radius 3 is 2.50 bits per heavy atom. The van der Waals surface area contributed by atoms with Crippen LogP contribution in [0.15, 0.2) is 47.8 Å². The normalized spacial score (nSPS) is 12.6. The number of benzene rings is 1. The van der Waals surface area contributed by atoms with E-state index in [-0.39, 0.29) is 6.10 Å². The molecule has 0 saturated carbocycles. The van der Waals surface area contributed by atoms with Crippen LogP contribution in [0, 0.1) is 0 Å². The molecule has 1 heterocycles. The highest BCUT2D eigenvalue weighted by Crippen LogP contribution is 2.22. The predicted octanol–water partition coefficient (Wildman–Crippen LogP) is 3.02.